The van der Waals surface area contributed by atoms with Crippen molar-refractivity contribution in [3.8, 4) is 0 Å². The van der Waals surface area contributed by atoms with Crippen molar-refractivity contribution in [2.75, 3.05) is 12.8 Å². The Balaban J connectivity index is 2.30. The van der Waals surface area contributed by atoms with Gasteiger partial charge in [-0.2, -0.15) is 16.7 Å². The lowest BCUT2D eigenvalue weighted by Crippen LogP contribution is -2.25. The van der Waals surface area contributed by atoms with Crippen molar-refractivity contribution >= 4 is 11.8 Å². The maximum absolute atomic E-state index is 5.14. The zero-order chi connectivity index (χ0) is 11.1. The molecule has 0 spiro atoms. The highest BCUT2D eigenvalue weighted by molar-refractivity contribution is 7.97. The van der Waals surface area contributed by atoms with Gasteiger partial charge in [0.2, 0.25) is 5.89 Å². The molecule has 0 amide bonds. The molecule has 0 saturated heterocycles. The molecule has 0 aromatic carbocycles. The van der Waals surface area contributed by atoms with Gasteiger partial charge in [-0.15, -0.1) is 0 Å². The molecule has 86 valence electrons. The Hall–Kier alpha value is -0.550. The van der Waals surface area contributed by atoms with E-state index in [1.54, 1.807) is 11.8 Å². The number of thioether (sulfide) groups is 1. The first-order valence-electron chi connectivity index (χ1n) is 5.30. The predicted octanol–water partition coefficient (Wildman–Crippen LogP) is 1.86. The first kappa shape index (κ1) is 12.5. The largest absolute Gasteiger partial charge is 0.339 e. The summed E-state index contributed by atoms with van der Waals surface area (Å²) in [5.74, 6) is 2.38. The lowest BCUT2D eigenvalue weighted by atomic mass is 10.2. The van der Waals surface area contributed by atoms with Gasteiger partial charge < -0.3 is 9.84 Å². The van der Waals surface area contributed by atoms with Crippen LogP contribution in [-0.4, -0.2) is 29.0 Å². The van der Waals surface area contributed by atoms with Crippen LogP contribution in [-0.2, 0) is 12.2 Å². The fourth-order valence-electron chi connectivity index (χ4n) is 1.37. The van der Waals surface area contributed by atoms with Crippen molar-refractivity contribution in [1.82, 2.24) is 15.5 Å². The molecule has 1 rings (SSSR count). The van der Waals surface area contributed by atoms with Crippen LogP contribution in [0.3, 0.4) is 0 Å². The van der Waals surface area contributed by atoms with Crippen LogP contribution in [0, 0.1) is 0 Å². The fourth-order valence-corrected chi connectivity index (χ4v) is 1.75. The van der Waals surface area contributed by atoms with E-state index in [4.69, 9.17) is 4.52 Å². The van der Waals surface area contributed by atoms with Gasteiger partial charge in [0, 0.05) is 12.5 Å². The summed E-state index contributed by atoms with van der Waals surface area (Å²) in [6, 6.07) is 0.505. The van der Waals surface area contributed by atoms with Gasteiger partial charge in [-0.05, 0) is 26.1 Å². The number of nitrogens with zero attached hydrogens (tertiary/aromatic N) is 2. The Labute approximate surface area is 95.2 Å². The molecule has 1 unspecified atom stereocenters. The third-order valence-corrected chi connectivity index (χ3v) is 2.67. The van der Waals surface area contributed by atoms with Crippen LogP contribution in [0.4, 0.5) is 0 Å². The van der Waals surface area contributed by atoms with E-state index in [2.05, 4.69) is 29.3 Å². The van der Waals surface area contributed by atoms with Crippen molar-refractivity contribution in [2.45, 2.75) is 38.5 Å². The number of nitrogens with one attached hydrogen (secondary N) is 1. The van der Waals surface area contributed by atoms with Crippen LogP contribution in [0.25, 0.3) is 0 Å². The molecule has 0 saturated carbocycles. The smallest absolute Gasteiger partial charge is 0.226 e. The van der Waals surface area contributed by atoms with Crippen LogP contribution in [0.1, 0.15) is 32.0 Å². The van der Waals surface area contributed by atoms with Gasteiger partial charge in [-0.1, -0.05) is 12.1 Å². The molecule has 0 aliphatic heterocycles. The molecule has 0 radical (unpaired) electrons. The standard InChI is InChI=1S/C10H19N3OS/c1-4-11-8(2)5-6-10-12-9(7-15-3)13-14-10/h8,11H,4-7H2,1-3H3. The highest BCUT2D eigenvalue weighted by Gasteiger charge is 2.07. The average molecular weight is 229 g/mol. The molecule has 1 heterocycles. The summed E-state index contributed by atoms with van der Waals surface area (Å²) in [7, 11) is 0. The zero-order valence-electron chi connectivity index (χ0n) is 9.62. The maximum Gasteiger partial charge on any atom is 0.226 e. The molecule has 0 fully saturated rings. The minimum Gasteiger partial charge on any atom is -0.339 e. The molecule has 0 aliphatic rings. The summed E-state index contributed by atoms with van der Waals surface area (Å²) in [6.45, 7) is 5.28. The summed E-state index contributed by atoms with van der Waals surface area (Å²) in [5.41, 5.74) is 0. The third kappa shape index (κ3) is 4.66. The van der Waals surface area contributed by atoms with E-state index in [0.29, 0.717) is 6.04 Å². The number of hydrogen-bond donors (Lipinski definition) is 1. The molecular formula is C10H19N3OS. The number of hydrogen-bond acceptors (Lipinski definition) is 5. The maximum atomic E-state index is 5.14. The molecule has 4 nitrogen and oxygen atoms in total. The van der Waals surface area contributed by atoms with E-state index < -0.39 is 0 Å². The van der Waals surface area contributed by atoms with Crippen molar-refractivity contribution in [1.29, 1.82) is 0 Å². The Kier molecular flexibility index (Phi) is 5.71. The first-order chi connectivity index (χ1) is 7.26. The Bertz CT molecular complexity index is 277. The Morgan fingerprint density at radius 1 is 1.53 bits per heavy atom. The Morgan fingerprint density at radius 2 is 2.33 bits per heavy atom. The van der Waals surface area contributed by atoms with Crippen molar-refractivity contribution in [3.05, 3.63) is 11.7 Å². The van der Waals surface area contributed by atoms with E-state index >= 15 is 0 Å². The molecule has 1 atom stereocenters. The first-order valence-corrected chi connectivity index (χ1v) is 6.69. The van der Waals surface area contributed by atoms with Crippen LogP contribution in [0.2, 0.25) is 0 Å². The van der Waals surface area contributed by atoms with Crippen molar-refractivity contribution in [3.63, 3.8) is 0 Å². The van der Waals surface area contributed by atoms with Gasteiger partial charge >= 0.3 is 0 Å². The molecular weight excluding hydrogens is 210 g/mol. The molecule has 15 heavy (non-hydrogen) atoms. The van der Waals surface area contributed by atoms with E-state index in [0.717, 1.165) is 36.9 Å². The van der Waals surface area contributed by atoms with Crippen LogP contribution >= 0.6 is 11.8 Å². The Morgan fingerprint density at radius 3 is 3.00 bits per heavy atom. The molecule has 1 N–H and O–H groups in total. The van der Waals surface area contributed by atoms with Gasteiger partial charge in [0.1, 0.15) is 0 Å². The molecule has 1 aromatic rings. The van der Waals surface area contributed by atoms with Crippen LogP contribution in [0.5, 0.6) is 0 Å². The summed E-state index contributed by atoms with van der Waals surface area (Å²) >= 11 is 1.70. The van der Waals surface area contributed by atoms with Crippen LogP contribution in [0.15, 0.2) is 4.52 Å². The normalized spacial score (nSPS) is 13.0. The van der Waals surface area contributed by atoms with E-state index in [1.807, 2.05) is 6.26 Å². The highest BCUT2D eigenvalue weighted by atomic mass is 32.2. The van der Waals surface area contributed by atoms with Crippen LogP contribution < -0.4 is 5.32 Å². The fraction of sp³-hybridized carbons (Fsp3) is 0.800. The lowest BCUT2D eigenvalue weighted by Gasteiger charge is -2.09. The molecule has 5 heteroatoms. The second-order valence-electron chi connectivity index (χ2n) is 3.53. The number of rotatable bonds is 7. The lowest BCUT2D eigenvalue weighted by molar-refractivity contribution is 0.364. The third-order valence-electron chi connectivity index (χ3n) is 2.13. The highest BCUT2D eigenvalue weighted by Crippen LogP contribution is 2.07. The van der Waals surface area contributed by atoms with Gasteiger partial charge in [-0.3, -0.25) is 0 Å². The summed E-state index contributed by atoms with van der Waals surface area (Å²) in [4.78, 5) is 4.31. The zero-order valence-corrected chi connectivity index (χ0v) is 10.4. The average Bonchev–Trinajstić information content (AvgIpc) is 2.64. The summed E-state index contributed by atoms with van der Waals surface area (Å²) < 4.78 is 5.14. The second kappa shape index (κ2) is 6.85. The van der Waals surface area contributed by atoms with Gasteiger partial charge in [-0.25, -0.2) is 0 Å². The van der Waals surface area contributed by atoms with Gasteiger partial charge in [0.05, 0.1) is 5.75 Å². The van der Waals surface area contributed by atoms with E-state index in [9.17, 15) is 0 Å². The van der Waals surface area contributed by atoms with Crippen molar-refractivity contribution in [2.24, 2.45) is 0 Å². The van der Waals surface area contributed by atoms with E-state index in [1.165, 1.54) is 0 Å². The summed E-state index contributed by atoms with van der Waals surface area (Å²) in [6.07, 6.45) is 3.92. The number of aryl methyl sites for hydroxylation is 1. The second-order valence-corrected chi connectivity index (χ2v) is 4.40. The van der Waals surface area contributed by atoms with Crippen molar-refractivity contribution < 1.29 is 4.52 Å². The molecule has 1 aromatic heterocycles. The van der Waals surface area contributed by atoms with Gasteiger partial charge in [0.25, 0.3) is 0 Å². The van der Waals surface area contributed by atoms with E-state index in [-0.39, 0.29) is 0 Å². The quantitative estimate of drug-likeness (QED) is 0.773. The monoisotopic (exact) mass is 229 g/mol. The topological polar surface area (TPSA) is 51.0 Å². The SMILES string of the molecule is CCNC(C)CCc1nc(CSC)no1. The predicted molar refractivity (Wildman–Crippen MR) is 63.0 cm³/mol. The minimum atomic E-state index is 0.505. The van der Waals surface area contributed by atoms with Gasteiger partial charge in [0.15, 0.2) is 5.82 Å². The molecule has 0 aliphatic carbocycles. The molecule has 0 bridgehead atoms. The summed E-state index contributed by atoms with van der Waals surface area (Å²) in [5, 5.41) is 7.26. The minimum absolute atomic E-state index is 0.505. The number of aromatic nitrogens is 2.